The fourth-order valence-corrected chi connectivity index (χ4v) is 3.20. The van der Waals surface area contributed by atoms with Crippen molar-refractivity contribution >= 4 is 22.9 Å². The quantitative estimate of drug-likeness (QED) is 0.658. The van der Waals surface area contributed by atoms with E-state index in [0.29, 0.717) is 16.5 Å². The highest BCUT2D eigenvalue weighted by Gasteiger charge is 2.22. The minimum absolute atomic E-state index is 0.238. The summed E-state index contributed by atoms with van der Waals surface area (Å²) in [5, 5.41) is 2.60. The monoisotopic (exact) mass is 298 g/mol. The molecule has 0 bridgehead atoms. The average Bonchev–Trinajstić information content (AvgIpc) is 2.85. The molecule has 6 heteroatoms. The number of para-hydroxylation sites is 1. The van der Waals surface area contributed by atoms with Gasteiger partial charge in [0, 0.05) is 10.4 Å². The molecule has 3 N–H and O–H groups in total. The van der Waals surface area contributed by atoms with Gasteiger partial charge in [0.15, 0.2) is 11.5 Å². The van der Waals surface area contributed by atoms with Crippen molar-refractivity contribution in [2.45, 2.75) is 6.04 Å². The summed E-state index contributed by atoms with van der Waals surface area (Å²) >= 11 is 7.71. The van der Waals surface area contributed by atoms with Gasteiger partial charge in [0.05, 0.1) is 25.3 Å². The van der Waals surface area contributed by atoms with E-state index in [1.807, 2.05) is 29.6 Å². The normalized spacial score (nSPS) is 12.2. The van der Waals surface area contributed by atoms with Crippen LogP contribution in [0.15, 0.2) is 29.6 Å². The molecule has 1 unspecified atom stereocenters. The van der Waals surface area contributed by atoms with E-state index < -0.39 is 0 Å². The van der Waals surface area contributed by atoms with Crippen LogP contribution in [-0.4, -0.2) is 14.2 Å². The third kappa shape index (κ3) is 2.69. The Morgan fingerprint density at radius 1 is 1.26 bits per heavy atom. The highest BCUT2D eigenvalue weighted by atomic mass is 35.5. The maximum Gasteiger partial charge on any atom is 0.165 e. The number of halogens is 1. The molecular weight excluding hydrogens is 284 g/mol. The number of rotatable bonds is 5. The molecule has 1 aromatic carbocycles. The third-order valence-electron chi connectivity index (χ3n) is 2.82. The number of ether oxygens (including phenoxy) is 2. The Bertz CT molecular complexity index is 559. The Morgan fingerprint density at radius 3 is 2.58 bits per heavy atom. The lowest BCUT2D eigenvalue weighted by atomic mass is 10.0. The Morgan fingerprint density at radius 2 is 2.05 bits per heavy atom. The van der Waals surface area contributed by atoms with Crippen molar-refractivity contribution < 1.29 is 9.47 Å². The predicted octanol–water partition coefficient (Wildman–Crippen LogP) is 2.97. The van der Waals surface area contributed by atoms with Crippen molar-refractivity contribution in [1.29, 1.82) is 0 Å². The zero-order chi connectivity index (χ0) is 13.8. The first-order valence-electron chi connectivity index (χ1n) is 5.62. The molecule has 0 fully saturated rings. The van der Waals surface area contributed by atoms with E-state index in [0.717, 1.165) is 10.4 Å². The standard InChI is InChI=1S/C13H15ClN2O2S/c1-17-10-5-3-4-8(12(10)18-2)11(16-15)13-9(14)6-7-19-13/h3-7,11,16H,15H2,1-2H3. The van der Waals surface area contributed by atoms with E-state index in [2.05, 4.69) is 5.43 Å². The first kappa shape index (κ1) is 14.1. The molecule has 0 radical (unpaired) electrons. The number of nitrogens with one attached hydrogen (secondary N) is 1. The van der Waals surface area contributed by atoms with Gasteiger partial charge in [-0.15, -0.1) is 11.3 Å². The van der Waals surface area contributed by atoms with Gasteiger partial charge in [-0.1, -0.05) is 23.7 Å². The van der Waals surface area contributed by atoms with Crippen molar-refractivity contribution in [3.8, 4) is 11.5 Å². The van der Waals surface area contributed by atoms with Gasteiger partial charge in [-0.25, -0.2) is 5.43 Å². The summed E-state index contributed by atoms with van der Waals surface area (Å²) in [5.74, 6) is 6.99. The van der Waals surface area contributed by atoms with Gasteiger partial charge in [-0.05, 0) is 17.5 Å². The maximum absolute atomic E-state index is 6.18. The Hall–Kier alpha value is -1.27. The Kier molecular flexibility index (Phi) is 4.66. The molecule has 102 valence electrons. The fraction of sp³-hybridized carbons (Fsp3) is 0.231. The van der Waals surface area contributed by atoms with Crippen LogP contribution in [0.4, 0.5) is 0 Å². The van der Waals surface area contributed by atoms with Gasteiger partial charge in [-0.2, -0.15) is 0 Å². The van der Waals surface area contributed by atoms with Crippen LogP contribution in [0.1, 0.15) is 16.5 Å². The highest BCUT2D eigenvalue weighted by molar-refractivity contribution is 7.10. The van der Waals surface area contributed by atoms with Gasteiger partial charge in [0.25, 0.3) is 0 Å². The number of nitrogens with two attached hydrogens (primary N) is 1. The van der Waals surface area contributed by atoms with Crippen molar-refractivity contribution in [1.82, 2.24) is 5.43 Å². The smallest absolute Gasteiger partial charge is 0.165 e. The van der Waals surface area contributed by atoms with Crippen molar-refractivity contribution in [3.05, 3.63) is 45.1 Å². The number of methoxy groups -OCH3 is 2. The highest BCUT2D eigenvalue weighted by Crippen LogP contribution is 2.40. The summed E-state index contributed by atoms with van der Waals surface area (Å²) in [6.07, 6.45) is 0. The largest absolute Gasteiger partial charge is 0.493 e. The van der Waals surface area contributed by atoms with E-state index in [1.54, 1.807) is 14.2 Å². The zero-order valence-electron chi connectivity index (χ0n) is 10.6. The van der Waals surface area contributed by atoms with Gasteiger partial charge < -0.3 is 9.47 Å². The average molecular weight is 299 g/mol. The van der Waals surface area contributed by atoms with E-state index >= 15 is 0 Å². The minimum Gasteiger partial charge on any atom is -0.493 e. The zero-order valence-corrected chi connectivity index (χ0v) is 12.2. The maximum atomic E-state index is 6.18. The van der Waals surface area contributed by atoms with Crippen LogP contribution in [-0.2, 0) is 0 Å². The van der Waals surface area contributed by atoms with E-state index in [1.165, 1.54) is 11.3 Å². The number of hydrazine groups is 1. The van der Waals surface area contributed by atoms with Gasteiger partial charge in [0.2, 0.25) is 0 Å². The van der Waals surface area contributed by atoms with Crippen molar-refractivity contribution in [2.24, 2.45) is 5.84 Å². The Balaban J connectivity index is 2.53. The lowest BCUT2D eigenvalue weighted by molar-refractivity contribution is 0.349. The summed E-state index contributed by atoms with van der Waals surface area (Å²) < 4.78 is 10.7. The number of thiophene rings is 1. The van der Waals surface area contributed by atoms with Crippen LogP contribution in [0.3, 0.4) is 0 Å². The molecule has 0 saturated heterocycles. The molecule has 0 saturated carbocycles. The van der Waals surface area contributed by atoms with Crippen LogP contribution in [0.25, 0.3) is 0 Å². The fourth-order valence-electron chi connectivity index (χ4n) is 1.96. The molecule has 2 aromatic rings. The SMILES string of the molecule is COc1cccc(C(NN)c2sccc2Cl)c1OC. The second-order valence-corrected chi connectivity index (χ2v) is 5.17. The van der Waals surface area contributed by atoms with Crippen molar-refractivity contribution in [3.63, 3.8) is 0 Å². The van der Waals surface area contributed by atoms with Gasteiger partial charge >= 0.3 is 0 Å². The number of hydrogen-bond acceptors (Lipinski definition) is 5. The summed E-state index contributed by atoms with van der Waals surface area (Å²) in [4.78, 5) is 0.940. The first-order chi connectivity index (χ1) is 9.22. The van der Waals surface area contributed by atoms with Crippen LogP contribution < -0.4 is 20.7 Å². The van der Waals surface area contributed by atoms with Gasteiger partial charge in [0.1, 0.15) is 0 Å². The lowest BCUT2D eigenvalue weighted by Crippen LogP contribution is -2.28. The summed E-state index contributed by atoms with van der Waals surface area (Å²) in [7, 11) is 3.20. The van der Waals surface area contributed by atoms with Crippen LogP contribution in [0.2, 0.25) is 5.02 Å². The third-order valence-corrected chi connectivity index (χ3v) is 4.24. The molecule has 4 nitrogen and oxygen atoms in total. The molecule has 0 aliphatic rings. The lowest BCUT2D eigenvalue weighted by Gasteiger charge is -2.20. The molecule has 0 spiro atoms. The van der Waals surface area contributed by atoms with Crippen LogP contribution >= 0.6 is 22.9 Å². The Labute approximate surface area is 121 Å². The van der Waals surface area contributed by atoms with Crippen LogP contribution in [0, 0.1) is 0 Å². The van der Waals surface area contributed by atoms with E-state index in [9.17, 15) is 0 Å². The summed E-state index contributed by atoms with van der Waals surface area (Å²) in [6, 6.07) is 7.27. The van der Waals surface area contributed by atoms with Crippen LogP contribution in [0.5, 0.6) is 11.5 Å². The molecule has 2 rings (SSSR count). The molecule has 1 atom stereocenters. The predicted molar refractivity (Wildman–Crippen MR) is 78.0 cm³/mol. The van der Waals surface area contributed by atoms with E-state index in [4.69, 9.17) is 26.9 Å². The van der Waals surface area contributed by atoms with Crippen molar-refractivity contribution in [2.75, 3.05) is 14.2 Å². The molecule has 0 amide bonds. The van der Waals surface area contributed by atoms with Gasteiger partial charge in [-0.3, -0.25) is 5.84 Å². The first-order valence-corrected chi connectivity index (χ1v) is 6.88. The second kappa shape index (κ2) is 6.25. The molecule has 1 aromatic heterocycles. The minimum atomic E-state index is -0.238. The number of benzene rings is 1. The molecule has 1 heterocycles. The summed E-state index contributed by atoms with van der Waals surface area (Å²) in [5.41, 5.74) is 3.66. The molecule has 19 heavy (non-hydrogen) atoms. The molecular formula is C13H15ClN2O2S. The molecule has 0 aliphatic carbocycles. The van der Waals surface area contributed by atoms with E-state index in [-0.39, 0.29) is 6.04 Å². The number of hydrogen-bond donors (Lipinski definition) is 2. The summed E-state index contributed by atoms with van der Waals surface area (Å²) in [6.45, 7) is 0. The second-order valence-electron chi connectivity index (χ2n) is 3.82. The topological polar surface area (TPSA) is 56.5 Å². The molecule has 0 aliphatic heterocycles.